The van der Waals surface area contributed by atoms with Crippen molar-refractivity contribution in [3.63, 3.8) is 0 Å². The van der Waals surface area contributed by atoms with E-state index < -0.39 is 0 Å². The molecule has 1 saturated heterocycles. The van der Waals surface area contributed by atoms with Crippen molar-refractivity contribution >= 4 is 33.6 Å². The minimum absolute atomic E-state index is 0.135. The van der Waals surface area contributed by atoms with Gasteiger partial charge in [0.1, 0.15) is 5.82 Å². The Labute approximate surface area is 114 Å². The number of anilines is 2. The zero-order valence-corrected chi connectivity index (χ0v) is 11.7. The summed E-state index contributed by atoms with van der Waals surface area (Å²) < 4.78 is 0.772. The second-order valence-electron chi connectivity index (χ2n) is 4.58. The van der Waals surface area contributed by atoms with Crippen molar-refractivity contribution in [1.29, 1.82) is 0 Å². The number of piperidine rings is 1. The predicted octanol–water partition coefficient (Wildman–Crippen LogP) is 0.911. The molecule has 1 aliphatic heterocycles. The Bertz CT molecular complexity index is 467. The fourth-order valence-corrected chi connectivity index (χ4v) is 2.63. The molecule has 4 N–H and O–H groups in total. The van der Waals surface area contributed by atoms with Crippen LogP contribution in [0.3, 0.4) is 0 Å². The Morgan fingerprint density at radius 1 is 1.56 bits per heavy atom. The summed E-state index contributed by atoms with van der Waals surface area (Å²) in [6.45, 7) is 2.67. The maximum Gasteiger partial charge on any atom is 0.222 e. The molecule has 7 heteroatoms. The molecule has 2 rings (SSSR count). The molecule has 6 nitrogen and oxygen atoms in total. The minimum Gasteiger partial charge on any atom is -0.369 e. The molecule has 0 spiro atoms. The zero-order valence-electron chi connectivity index (χ0n) is 10.1. The topological polar surface area (TPSA) is 98.1 Å². The summed E-state index contributed by atoms with van der Waals surface area (Å²) in [5.74, 6) is 0.553. The van der Waals surface area contributed by atoms with E-state index >= 15 is 0 Å². The monoisotopic (exact) mass is 313 g/mol. The maximum absolute atomic E-state index is 11.3. The SMILES string of the molecule is CC1CCC(C(N)=O)CN1c1nc(N)ncc1Br. The molecular weight excluding hydrogens is 298 g/mol. The van der Waals surface area contributed by atoms with Crippen molar-refractivity contribution in [2.75, 3.05) is 17.2 Å². The lowest BCUT2D eigenvalue weighted by molar-refractivity contribution is -0.122. The summed E-state index contributed by atoms with van der Waals surface area (Å²) >= 11 is 3.41. The third-order valence-electron chi connectivity index (χ3n) is 3.30. The van der Waals surface area contributed by atoms with Crippen molar-refractivity contribution in [1.82, 2.24) is 9.97 Å². The second kappa shape index (κ2) is 5.09. The molecule has 0 aliphatic carbocycles. The molecule has 0 saturated carbocycles. The summed E-state index contributed by atoms with van der Waals surface area (Å²) in [6.07, 6.45) is 3.35. The van der Waals surface area contributed by atoms with E-state index in [0.29, 0.717) is 12.6 Å². The molecule has 1 aliphatic rings. The molecule has 2 unspecified atom stereocenters. The maximum atomic E-state index is 11.3. The molecule has 1 aromatic heterocycles. The number of halogens is 1. The third-order valence-corrected chi connectivity index (χ3v) is 3.86. The molecule has 2 atom stereocenters. The van der Waals surface area contributed by atoms with Gasteiger partial charge in [-0.2, -0.15) is 4.98 Å². The number of rotatable bonds is 2. The molecule has 18 heavy (non-hydrogen) atoms. The highest BCUT2D eigenvalue weighted by atomic mass is 79.9. The summed E-state index contributed by atoms with van der Waals surface area (Å²) in [4.78, 5) is 21.5. The van der Waals surface area contributed by atoms with Gasteiger partial charge in [0.2, 0.25) is 11.9 Å². The van der Waals surface area contributed by atoms with Gasteiger partial charge in [0.15, 0.2) is 0 Å². The van der Waals surface area contributed by atoms with Crippen LogP contribution in [0.25, 0.3) is 0 Å². The van der Waals surface area contributed by atoms with Gasteiger partial charge in [-0.3, -0.25) is 4.79 Å². The number of nitrogens with two attached hydrogens (primary N) is 2. The van der Waals surface area contributed by atoms with Crippen LogP contribution in [0, 0.1) is 5.92 Å². The van der Waals surface area contributed by atoms with E-state index in [0.717, 1.165) is 23.1 Å². The number of nitrogens with zero attached hydrogens (tertiary/aromatic N) is 3. The van der Waals surface area contributed by atoms with Gasteiger partial charge in [-0.1, -0.05) is 0 Å². The molecule has 0 radical (unpaired) electrons. The number of aromatic nitrogens is 2. The van der Waals surface area contributed by atoms with Gasteiger partial charge in [-0.25, -0.2) is 4.98 Å². The van der Waals surface area contributed by atoms with Crippen LogP contribution in [0.1, 0.15) is 19.8 Å². The van der Waals surface area contributed by atoms with Crippen LogP contribution in [0.2, 0.25) is 0 Å². The molecule has 2 heterocycles. The quantitative estimate of drug-likeness (QED) is 0.845. The first-order valence-corrected chi connectivity index (χ1v) is 6.62. The molecule has 1 fully saturated rings. The highest BCUT2D eigenvalue weighted by Crippen LogP contribution is 2.31. The van der Waals surface area contributed by atoms with E-state index in [1.807, 2.05) is 0 Å². The Morgan fingerprint density at radius 3 is 2.94 bits per heavy atom. The molecule has 98 valence electrons. The number of carbonyl (C=O) groups is 1. The van der Waals surface area contributed by atoms with Crippen LogP contribution >= 0.6 is 15.9 Å². The number of hydrogen-bond acceptors (Lipinski definition) is 5. The molecule has 1 amide bonds. The van der Waals surface area contributed by atoms with Crippen LogP contribution in [0.15, 0.2) is 10.7 Å². The third kappa shape index (κ3) is 2.55. The lowest BCUT2D eigenvalue weighted by Gasteiger charge is -2.38. The Morgan fingerprint density at radius 2 is 2.28 bits per heavy atom. The number of primary amides is 1. The number of hydrogen-bond donors (Lipinski definition) is 2. The fourth-order valence-electron chi connectivity index (χ4n) is 2.21. The highest BCUT2D eigenvalue weighted by molar-refractivity contribution is 9.10. The fraction of sp³-hybridized carbons (Fsp3) is 0.545. The van der Waals surface area contributed by atoms with Crippen molar-refractivity contribution in [2.24, 2.45) is 11.7 Å². The summed E-state index contributed by atoms with van der Waals surface area (Å²) in [6, 6.07) is 0.297. The van der Waals surface area contributed by atoms with Crippen molar-refractivity contribution < 1.29 is 4.79 Å². The number of nitrogen functional groups attached to an aromatic ring is 1. The second-order valence-corrected chi connectivity index (χ2v) is 5.43. The van der Waals surface area contributed by atoms with Gasteiger partial charge < -0.3 is 16.4 Å². The average Bonchev–Trinajstić information content (AvgIpc) is 2.33. The van der Waals surface area contributed by atoms with E-state index in [1.165, 1.54) is 0 Å². The van der Waals surface area contributed by atoms with Gasteiger partial charge >= 0.3 is 0 Å². The standard InChI is InChI=1S/C11H16BrN5O/c1-6-2-3-7(9(13)18)5-17(6)10-8(12)4-15-11(14)16-10/h4,6-7H,2-3,5H2,1H3,(H2,13,18)(H2,14,15,16). The average molecular weight is 314 g/mol. The summed E-state index contributed by atoms with van der Waals surface area (Å²) in [5, 5.41) is 0. The Balaban J connectivity index is 2.29. The lowest BCUT2D eigenvalue weighted by Crippen LogP contribution is -2.46. The summed E-state index contributed by atoms with van der Waals surface area (Å²) in [5.41, 5.74) is 11.0. The number of amides is 1. The smallest absolute Gasteiger partial charge is 0.222 e. The first-order chi connectivity index (χ1) is 8.49. The first-order valence-electron chi connectivity index (χ1n) is 5.83. The van der Waals surface area contributed by atoms with Crippen molar-refractivity contribution in [3.8, 4) is 0 Å². The zero-order chi connectivity index (χ0) is 13.3. The Kier molecular flexibility index (Phi) is 3.70. The van der Waals surface area contributed by atoms with Crippen LogP contribution < -0.4 is 16.4 Å². The van der Waals surface area contributed by atoms with E-state index in [2.05, 4.69) is 37.7 Å². The van der Waals surface area contributed by atoms with E-state index in [-0.39, 0.29) is 17.8 Å². The Hall–Kier alpha value is -1.37. The minimum atomic E-state index is -0.259. The van der Waals surface area contributed by atoms with Crippen LogP contribution in [0.4, 0.5) is 11.8 Å². The number of carbonyl (C=O) groups excluding carboxylic acids is 1. The van der Waals surface area contributed by atoms with Gasteiger partial charge in [0, 0.05) is 18.8 Å². The highest BCUT2D eigenvalue weighted by Gasteiger charge is 2.30. The predicted molar refractivity (Wildman–Crippen MR) is 72.9 cm³/mol. The van der Waals surface area contributed by atoms with Gasteiger partial charge in [-0.05, 0) is 35.7 Å². The van der Waals surface area contributed by atoms with Gasteiger partial charge in [-0.15, -0.1) is 0 Å². The summed E-state index contributed by atoms with van der Waals surface area (Å²) in [7, 11) is 0. The first kappa shape index (κ1) is 13.1. The van der Waals surface area contributed by atoms with Crippen LogP contribution in [-0.2, 0) is 4.79 Å². The van der Waals surface area contributed by atoms with Gasteiger partial charge in [0.05, 0.1) is 10.4 Å². The lowest BCUT2D eigenvalue weighted by atomic mass is 9.93. The van der Waals surface area contributed by atoms with E-state index in [1.54, 1.807) is 6.20 Å². The van der Waals surface area contributed by atoms with Crippen LogP contribution in [-0.4, -0.2) is 28.5 Å². The normalized spacial score (nSPS) is 24.0. The van der Waals surface area contributed by atoms with E-state index in [9.17, 15) is 4.79 Å². The molecule has 0 aromatic carbocycles. The molecule has 1 aromatic rings. The van der Waals surface area contributed by atoms with Gasteiger partial charge in [0.25, 0.3) is 0 Å². The molecule has 0 bridgehead atoms. The van der Waals surface area contributed by atoms with Crippen molar-refractivity contribution in [2.45, 2.75) is 25.8 Å². The van der Waals surface area contributed by atoms with Crippen LogP contribution in [0.5, 0.6) is 0 Å². The molecular formula is C11H16BrN5O. The van der Waals surface area contributed by atoms with E-state index in [4.69, 9.17) is 11.5 Å². The van der Waals surface area contributed by atoms with Crippen molar-refractivity contribution in [3.05, 3.63) is 10.7 Å². The largest absolute Gasteiger partial charge is 0.369 e.